The molecule has 12 nitrogen and oxygen atoms in total. The maximum atomic E-state index is 12.6. The SMILES string of the molecule is Nc1ccc(C(=O)Nc2cc(S(=O)(=O)[O-])cc3cc(S(=O)(=O)[O-])cc(S(=O)(=O)[O-])c23)cc1.[Na+].[Na+].[Na+]. The minimum absolute atomic E-state index is 0. The summed E-state index contributed by atoms with van der Waals surface area (Å²) in [5.41, 5.74) is 5.25. The van der Waals surface area contributed by atoms with Crippen LogP contribution in [0.3, 0.4) is 0 Å². The Balaban J connectivity index is 0.00000385. The number of benzene rings is 3. The van der Waals surface area contributed by atoms with E-state index < -0.39 is 67.4 Å². The van der Waals surface area contributed by atoms with Gasteiger partial charge in [-0.1, -0.05) is 0 Å². The summed E-state index contributed by atoms with van der Waals surface area (Å²) < 4.78 is 104. The molecule has 35 heavy (non-hydrogen) atoms. The summed E-state index contributed by atoms with van der Waals surface area (Å²) in [7, 11) is -15.9. The van der Waals surface area contributed by atoms with Crippen LogP contribution < -0.4 is 99.7 Å². The maximum absolute atomic E-state index is 12.6. The molecule has 0 aliphatic carbocycles. The molecular weight excluding hydrogens is 557 g/mol. The molecule has 3 aromatic carbocycles. The maximum Gasteiger partial charge on any atom is 1.00 e. The van der Waals surface area contributed by atoms with Crippen LogP contribution in [0.2, 0.25) is 0 Å². The number of hydrogen-bond acceptors (Lipinski definition) is 11. The number of amides is 1. The zero-order valence-electron chi connectivity index (χ0n) is 18.5. The van der Waals surface area contributed by atoms with Gasteiger partial charge in [-0.15, -0.1) is 0 Å². The van der Waals surface area contributed by atoms with Crippen LogP contribution in [0.4, 0.5) is 11.4 Å². The van der Waals surface area contributed by atoms with Gasteiger partial charge in [-0.05, 0) is 53.9 Å². The van der Waals surface area contributed by atoms with Crippen molar-refractivity contribution in [3.63, 3.8) is 0 Å². The average Bonchev–Trinajstić information content (AvgIpc) is 2.65. The molecule has 3 N–H and O–H groups in total. The second-order valence-electron chi connectivity index (χ2n) is 6.43. The third-order valence-corrected chi connectivity index (χ3v) is 6.71. The summed E-state index contributed by atoms with van der Waals surface area (Å²) in [6.07, 6.45) is 0. The molecule has 0 saturated heterocycles. The molecular formula is C17H11N2Na3O10S3. The molecule has 0 aromatic heterocycles. The Labute approximate surface area is 267 Å². The monoisotopic (exact) mass is 568 g/mol. The van der Waals surface area contributed by atoms with Crippen molar-refractivity contribution in [3.05, 3.63) is 54.1 Å². The predicted molar refractivity (Wildman–Crippen MR) is 107 cm³/mol. The Morgan fingerprint density at radius 2 is 1.17 bits per heavy atom. The van der Waals surface area contributed by atoms with Gasteiger partial charge < -0.3 is 24.7 Å². The van der Waals surface area contributed by atoms with Gasteiger partial charge in [-0.3, -0.25) is 4.79 Å². The molecule has 0 bridgehead atoms. The molecule has 3 rings (SSSR count). The van der Waals surface area contributed by atoms with Gasteiger partial charge in [-0.2, -0.15) is 0 Å². The van der Waals surface area contributed by atoms with E-state index in [2.05, 4.69) is 5.32 Å². The first-order valence-electron chi connectivity index (χ1n) is 8.24. The summed E-state index contributed by atoms with van der Waals surface area (Å²) >= 11 is 0. The summed E-state index contributed by atoms with van der Waals surface area (Å²) in [5.74, 6) is -0.901. The summed E-state index contributed by atoms with van der Waals surface area (Å²) in [6, 6.07) is 7.37. The van der Waals surface area contributed by atoms with E-state index in [1.165, 1.54) is 24.3 Å². The van der Waals surface area contributed by atoms with Crippen molar-refractivity contribution in [2.24, 2.45) is 0 Å². The summed E-state index contributed by atoms with van der Waals surface area (Å²) in [6.45, 7) is 0. The molecule has 0 saturated carbocycles. The molecule has 0 unspecified atom stereocenters. The van der Waals surface area contributed by atoms with Crippen LogP contribution in [0.15, 0.2) is 63.2 Å². The number of rotatable bonds is 5. The molecule has 170 valence electrons. The summed E-state index contributed by atoms with van der Waals surface area (Å²) in [5, 5.41) is 1.03. The van der Waals surface area contributed by atoms with Crippen LogP contribution in [-0.2, 0) is 30.4 Å². The van der Waals surface area contributed by atoms with Gasteiger partial charge in [0.1, 0.15) is 30.4 Å². The fraction of sp³-hybridized carbons (Fsp3) is 0. The molecule has 0 heterocycles. The number of nitrogen functional groups attached to an aromatic ring is 1. The van der Waals surface area contributed by atoms with Gasteiger partial charge in [0.05, 0.1) is 20.4 Å². The number of carbonyl (C=O) groups is 1. The first-order chi connectivity index (χ1) is 14.6. The quantitative estimate of drug-likeness (QED) is 0.167. The van der Waals surface area contributed by atoms with E-state index >= 15 is 0 Å². The van der Waals surface area contributed by atoms with E-state index in [-0.39, 0.29) is 100 Å². The topological polar surface area (TPSA) is 227 Å². The number of hydrogen-bond donors (Lipinski definition) is 2. The van der Waals surface area contributed by atoms with Crippen molar-refractivity contribution in [1.29, 1.82) is 0 Å². The third kappa shape index (κ3) is 8.46. The van der Waals surface area contributed by atoms with Crippen LogP contribution in [0.25, 0.3) is 10.8 Å². The van der Waals surface area contributed by atoms with Gasteiger partial charge in [-0.25, -0.2) is 25.3 Å². The van der Waals surface area contributed by atoms with Crippen molar-refractivity contribution in [2.45, 2.75) is 14.7 Å². The van der Waals surface area contributed by atoms with Crippen molar-refractivity contribution in [1.82, 2.24) is 0 Å². The van der Waals surface area contributed by atoms with Gasteiger partial charge in [0.15, 0.2) is 0 Å². The van der Waals surface area contributed by atoms with Crippen LogP contribution in [0.1, 0.15) is 10.4 Å². The first-order valence-corrected chi connectivity index (χ1v) is 12.5. The zero-order valence-corrected chi connectivity index (χ0v) is 27.0. The van der Waals surface area contributed by atoms with E-state index in [0.717, 1.165) is 0 Å². The molecule has 0 fully saturated rings. The number of nitrogens with one attached hydrogen (secondary N) is 1. The van der Waals surface area contributed by atoms with E-state index in [9.17, 15) is 43.7 Å². The van der Waals surface area contributed by atoms with Crippen molar-refractivity contribution in [3.8, 4) is 0 Å². The average molecular weight is 568 g/mol. The summed E-state index contributed by atoms with van der Waals surface area (Å²) in [4.78, 5) is 9.21. The fourth-order valence-corrected chi connectivity index (χ4v) is 4.73. The number of fused-ring (bicyclic) bond motifs is 1. The van der Waals surface area contributed by atoms with Crippen molar-refractivity contribution < 1.29 is 132 Å². The molecule has 0 aliphatic rings. The largest absolute Gasteiger partial charge is 1.00 e. The van der Waals surface area contributed by atoms with Crippen LogP contribution >= 0.6 is 0 Å². The van der Waals surface area contributed by atoms with E-state index in [1.54, 1.807) is 0 Å². The normalized spacial score (nSPS) is 11.5. The minimum Gasteiger partial charge on any atom is -0.744 e. The van der Waals surface area contributed by atoms with Crippen molar-refractivity contribution in [2.75, 3.05) is 11.1 Å². The van der Waals surface area contributed by atoms with E-state index in [4.69, 9.17) is 5.73 Å². The second kappa shape index (κ2) is 12.6. The molecule has 0 atom stereocenters. The number of nitrogens with two attached hydrogens (primary N) is 1. The number of anilines is 2. The Morgan fingerprint density at radius 3 is 1.60 bits per heavy atom. The van der Waals surface area contributed by atoms with Gasteiger partial charge in [0.2, 0.25) is 0 Å². The Kier molecular flexibility index (Phi) is 12.6. The smallest absolute Gasteiger partial charge is 0.744 e. The molecule has 0 aliphatic heterocycles. The third-order valence-electron chi connectivity index (χ3n) is 4.23. The Bertz CT molecular complexity index is 1590. The van der Waals surface area contributed by atoms with E-state index in [0.29, 0.717) is 23.9 Å². The zero-order chi connectivity index (χ0) is 24.1. The van der Waals surface area contributed by atoms with Crippen LogP contribution in [0, 0.1) is 0 Å². The molecule has 1 amide bonds. The standard InChI is InChI=1S/C17H14N2O10S3.3Na/c18-11-3-1-9(2-4-11)17(20)19-14-7-12(30(21,22)23)5-10-6-13(31(24,25)26)8-15(16(10)14)32(27,28)29;;;/h1-8H,18H2,(H,19,20)(H,21,22,23)(H,24,25,26)(H,27,28,29);;;/q;3*+1/p-3. The van der Waals surface area contributed by atoms with Crippen LogP contribution in [0.5, 0.6) is 0 Å². The molecule has 3 aromatic rings. The minimum atomic E-state index is -5.44. The van der Waals surface area contributed by atoms with E-state index in [1.807, 2.05) is 0 Å². The van der Waals surface area contributed by atoms with Crippen LogP contribution in [-0.4, -0.2) is 44.8 Å². The predicted octanol–water partition coefficient (Wildman–Crippen LogP) is -8.60. The van der Waals surface area contributed by atoms with Crippen molar-refractivity contribution >= 4 is 58.4 Å². The first kappa shape index (κ1) is 34.9. The fourth-order valence-electron chi connectivity index (χ4n) is 2.84. The molecule has 18 heteroatoms. The molecule has 0 radical (unpaired) electrons. The number of carbonyl (C=O) groups excluding carboxylic acids is 1. The van der Waals surface area contributed by atoms with Gasteiger partial charge in [0, 0.05) is 16.6 Å². The van der Waals surface area contributed by atoms with Gasteiger partial charge >= 0.3 is 88.7 Å². The van der Waals surface area contributed by atoms with Gasteiger partial charge in [0.25, 0.3) is 5.91 Å². The second-order valence-corrected chi connectivity index (χ2v) is 10.5. The Morgan fingerprint density at radius 1 is 0.714 bits per heavy atom. The Hall–Kier alpha value is -0.0800. The molecule has 0 spiro atoms.